The summed E-state index contributed by atoms with van der Waals surface area (Å²) >= 11 is 0. The summed E-state index contributed by atoms with van der Waals surface area (Å²) in [7, 11) is 0. The topological polar surface area (TPSA) is 53.9 Å². The summed E-state index contributed by atoms with van der Waals surface area (Å²) in [4.78, 5) is 21.8. The summed E-state index contributed by atoms with van der Waals surface area (Å²) in [5, 5.41) is 0. The minimum atomic E-state index is 0.00228. The molecule has 0 amide bonds. The summed E-state index contributed by atoms with van der Waals surface area (Å²) in [6.45, 7) is 10.2. The number of aromatic nitrogens is 3. The number of fused-ring (bicyclic) bond motifs is 1. The number of hydrogen-bond acceptors (Lipinski definition) is 3. The zero-order valence-electron chi connectivity index (χ0n) is 12.1. The predicted octanol–water partition coefficient (Wildman–Crippen LogP) is 1.84. The number of rotatable bonds is 5. The molecule has 0 aliphatic carbocycles. The Morgan fingerprint density at radius 3 is 2.63 bits per heavy atom. The lowest BCUT2D eigenvalue weighted by Gasteiger charge is -2.30. The third-order valence-electron chi connectivity index (χ3n) is 3.46. The van der Waals surface area contributed by atoms with E-state index in [2.05, 4.69) is 42.6 Å². The van der Waals surface area contributed by atoms with Crippen LogP contribution in [-0.4, -0.2) is 38.1 Å². The van der Waals surface area contributed by atoms with E-state index in [9.17, 15) is 4.79 Å². The first kappa shape index (κ1) is 13.8. The Kier molecular flexibility index (Phi) is 4.04. The highest BCUT2D eigenvalue weighted by atomic mass is 16.1. The van der Waals surface area contributed by atoms with Crippen LogP contribution in [0.5, 0.6) is 0 Å². The van der Waals surface area contributed by atoms with Crippen molar-refractivity contribution in [1.29, 1.82) is 0 Å². The van der Waals surface area contributed by atoms with Gasteiger partial charge in [-0.1, -0.05) is 0 Å². The molecule has 2 rings (SSSR count). The second-order valence-corrected chi connectivity index (χ2v) is 5.41. The molecule has 0 saturated carbocycles. The van der Waals surface area contributed by atoms with Crippen LogP contribution in [0.15, 0.2) is 23.4 Å². The van der Waals surface area contributed by atoms with Crippen molar-refractivity contribution in [2.45, 2.75) is 46.3 Å². The summed E-state index contributed by atoms with van der Waals surface area (Å²) in [5.41, 5.74) is 1.32. The molecule has 5 nitrogen and oxygen atoms in total. The van der Waals surface area contributed by atoms with Gasteiger partial charge in [-0.15, -0.1) is 0 Å². The molecule has 19 heavy (non-hydrogen) atoms. The Hall–Kier alpha value is -1.62. The highest BCUT2D eigenvalue weighted by Crippen LogP contribution is 2.06. The third kappa shape index (κ3) is 2.87. The first-order chi connectivity index (χ1) is 9.00. The molecule has 0 radical (unpaired) electrons. The standard InChI is InChI=1S/C14H22N4O/c1-10(2)18(11(3)4)8-7-17-9-16-12-5-6-15-13(12)14(17)19/h5-6,9-11,15H,7-8H2,1-4H3. The molecule has 0 aliphatic heterocycles. The van der Waals surface area contributed by atoms with Gasteiger partial charge in [0.05, 0.1) is 11.8 Å². The molecule has 0 spiro atoms. The average molecular weight is 262 g/mol. The monoisotopic (exact) mass is 262 g/mol. The number of aromatic amines is 1. The van der Waals surface area contributed by atoms with E-state index in [0.29, 0.717) is 24.1 Å². The van der Waals surface area contributed by atoms with Crippen molar-refractivity contribution in [2.75, 3.05) is 6.54 Å². The molecule has 2 heterocycles. The van der Waals surface area contributed by atoms with E-state index in [1.807, 2.05) is 6.07 Å². The van der Waals surface area contributed by atoms with Crippen molar-refractivity contribution >= 4 is 11.0 Å². The van der Waals surface area contributed by atoms with E-state index >= 15 is 0 Å². The highest BCUT2D eigenvalue weighted by Gasteiger charge is 2.13. The second kappa shape index (κ2) is 5.57. The largest absolute Gasteiger partial charge is 0.355 e. The number of nitrogens with one attached hydrogen (secondary N) is 1. The van der Waals surface area contributed by atoms with Crippen LogP contribution in [0.3, 0.4) is 0 Å². The van der Waals surface area contributed by atoms with Crippen LogP contribution in [-0.2, 0) is 6.54 Å². The molecular weight excluding hydrogens is 240 g/mol. The van der Waals surface area contributed by atoms with E-state index < -0.39 is 0 Å². The fraction of sp³-hybridized carbons (Fsp3) is 0.571. The molecule has 5 heteroatoms. The van der Waals surface area contributed by atoms with Crippen molar-refractivity contribution in [1.82, 2.24) is 19.4 Å². The third-order valence-corrected chi connectivity index (χ3v) is 3.46. The Labute approximate surface area is 113 Å². The van der Waals surface area contributed by atoms with Gasteiger partial charge in [0, 0.05) is 31.4 Å². The molecule has 0 atom stereocenters. The summed E-state index contributed by atoms with van der Waals surface area (Å²) in [6.07, 6.45) is 3.38. The van der Waals surface area contributed by atoms with Crippen molar-refractivity contribution in [3.63, 3.8) is 0 Å². The predicted molar refractivity (Wildman–Crippen MR) is 77.3 cm³/mol. The molecule has 0 saturated heterocycles. The maximum absolute atomic E-state index is 12.2. The molecule has 0 bridgehead atoms. The van der Waals surface area contributed by atoms with Gasteiger partial charge >= 0.3 is 0 Å². The van der Waals surface area contributed by atoms with Gasteiger partial charge in [0.25, 0.3) is 5.56 Å². The lowest BCUT2D eigenvalue weighted by molar-refractivity contribution is 0.167. The van der Waals surface area contributed by atoms with Gasteiger partial charge in [-0.05, 0) is 33.8 Å². The maximum atomic E-state index is 12.2. The Morgan fingerprint density at radius 2 is 2.00 bits per heavy atom. The van der Waals surface area contributed by atoms with Crippen LogP contribution in [0.1, 0.15) is 27.7 Å². The Balaban J connectivity index is 2.17. The van der Waals surface area contributed by atoms with Crippen LogP contribution < -0.4 is 5.56 Å². The van der Waals surface area contributed by atoms with Gasteiger partial charge < -0.3 is 4.98 Å². The molecule has 0 aliphatic rings. The fourth-order valence-corrected chi connectivity index (χ4v) is 2.46. The minimum absolute atomic E-state index is 0.00228. The van der Waals surface area contributed by atoms with Gasteiger partial charge in [-0.3, -0.25) is 14.3 Å². The lowest BCUT2D eigenvalue weighted by Crippen LogP contribution is -2.40. The number of nitrogens with zero attached hydrogens (tertiary/aromatic N) is 3. The van der Waals surface area contributed by atoms with Gasteiger partial charge in [-0.2, -0.15) is 0 Å². The van der Waals surface area contributed by atoms with Crippen LogP contribution in [0.2, 0.25) is 0 Å². The van der Waals surface area contributed by atoms with Crippen LogP contribution in [0.25, 0.3) is 11.0 Å². The highest BCUT2D eigenvalue weighted by molar-refractivity contribution is 5.73. The number of H-pyrrole nitrogens is 1. The Bertz CT molecular complexity index is 589. The van der Waals surface area contributed by atoms with Gasteiger partial charge in [0.15, 0.2) is 0 Å². The molecule has 0 fully saturated rings. The lowest BCUT2D eigenvalue weighted by atomic mass is 10.2. The fourth-order valence-electron chi connectivity index (χ4n) is 2.46. The van der Waals surface area contributed by atoms with E-state index in [1.165, 1.54) is 0 Å². The molecule has 2 aromatic heterocycles. The first-order valence-electron chi connectivity index (χ1n) is 6.79. The quantitative estimate of drug-likeness (QED) is 0.894. The average Bonchev–Trinajstić information content (AvgIpc) is 2.80. The van der Waals surface area contributed by atoms with Crippen molar-refractivity contribution in [2.24, 2.45) is 0 Å². The maximum Gasteiger partial charge on any atom is 0.277 e. The first-order valence-corrected chi connectivity index (χ1v) is 6.79. The van der Waals surface area contributed by atoms with Gasteiger partial charge in [0.1, 0.15) is 5.52 Å². The van der Waals surface area contributed by atoms with E-state index in [4.69, 9.17) is 0 Å². The smallest absolute Gasteiger partial charge is 0.277 e. The van der Waals surface area contributed by atoms with Crippen LogP contribution in [0, 0.1) is 0 Å². The van der Waals surface area contributed by atoms with Gasteiger partial charge in [-0.25, -0.2) is 4.98 Å². The van der Waals surface area contributed by atoms with E-state index in [0.717, 1.165) is 12.1 Å². The van der Waals surface area contributed by atoms with Crippen LogP contribution >= 0.6 is 0 Å². The van der Waals surface area contributed by atoms with Gasteiger partial charge in [0.2, 0.25) is 0 Å². The zero-order valence-corrected chi connectivity index (χ0v) is 12.1. The van der Waals surface area contributed by atoms with Crippen LogP contribution in [0.4, 0.5) is 0 Å². The molecule has 1 N–H and O–H groups in total. The SMILES string of the molecule is CC(C)N(CCn1cnc2cc[nH]c2c1=O)C(C)C. The Morgan fingerprint density at radius 1 is 1.32 bits per heavy atom. The van der Waals surface area contributed by atoms with Crippen molar-refractivity contribution in [3.05, 3.63) is 28.9 Å². The molecule has 0 aromatic carbocycles. The molecule has 0 unspecified atom stereocenters. The summed E-state index contributed by atoms with van der Waals surface area (Å²) < 4.78 is 1.68. The molecular formula is C14H22N4O. The zero-order chi connectivity index (χ0) is 14.0. The normalized spacial score (nSPS) is 12.2. The second-order valence-electron chi connectivity index (χ2n) is 5.41. The number of hydrogen-bond donors (Lipinski definition) is 1. The van der Waals surface area contributed by atoms with E-state index in [-0.39, 0.29) is 5.56 Å². The molecule has 104 valence electrons. The van der Waals surface area contributed by atoms with E-state index in [1.54, 1.807) is 17.1 Å². The summed E-state index contributed by atoms with van der Waals surface area (Å²) in [5.74, 6) is 0. The van der Waals surface area contributed by atoms with Crippen molar-refractivity contribution < 1.29 is 0 Å². The molecule has 2 aromatic rings. The summed E-state index contributed by atoms with van der Waals surface area (Å²) in [6, 6.07) is 2.76. The minimum Gasteiger partial charge on any atom is -0.355 e. The van der Waals surface area contributed by atoms with Crippen molar-refractivity contribution in [3.8, 4) is 0 Å².